The van der Waals surface area contributed by atoms with Crippen LogP contribution in [0.1, 0.15) is 15.9 Å². The van der Waals surface area contributed by atoms with Gasteiger partial charge in [0.15, 0.2) is 5.78 Å². The van der Waals surface area contributed by atoms with Gasteiger partial charge in [0.25, 0.3) is 0 Å². The molecule has 0 aliphatic rings. The van der Waals surface area contributed by atoms with Gasteiger partial charge in [-0.15, -0.1) is 0 Å². The van der Waals surface area contributed by atoms with Crippen LogP contribution in [-0.4, -0.2) is 5.78 Å². The van der Waals surface area contributed by atoms with Crippen molar-refractivity contribution in [1.82, 2.24) is 0 Å². The van der Waals surface area contributed by atoms with Crippen LogP contribution in [0.5, 0.6) is 0 Å². The molecule has 2 nitrogen and oxygen atoms in total. The van der Waals surface area contributed by atoms with E-state index in [1.54, 1.807) is 24.3 Å². The van der Waals surface area contributed by atoms with Crippen molar-refractivity contribution in [3.63, 3.8) is 0 Å². The third-order valence-corrected chi connectivity index (χ3v) is 3.35. The zero-order valence-electron chi connectivity index (χ0n) is 10.9. The van der Waals surface area contributed by atoms with E-state index in [0.717, 1.165) is 6.07 Å². The SMILES string of the molecule is Nc1ccc(C(=O)c2ccc(F)c3ccccc23)c(F)c1. The third-order valence-electron chi connectivity index (χ3n) is 3.35. The van der Waals surface area contributed by atoms with Gasteiger partial charge >= 0.3 is 0 Å². The van der Waals surface area contributed by atoms with Crippen molar-refractivity contribution < 1.29 is 13.6 Å². The van der Waals surface area contributed by atoms with E-state index in [4.69, 9.17) is 5.73 Å². The molecule has 3 aromatic rings. The summed E-state index contributed by atoms with van der Waals surface area (Å²) in [5.41, 5.74) is 5.90. The summed E-state index contributed by atoms with van der Waals surface area (Å²) in [5.74, 6) is -1.60. The molecule has 21 heavy (non-hydrogen) atoms. The number of ketones is 1. The smallest absolute Gasteiger partial charge is 0.196 e. The van der Waals surface area contributed by atoms with Gasteiger partial charge in [-0.05, 0) is 35.7 Å². The fourth-order valence-electron chi connectivity index (χ4n) is 2.32. The van der Waals surface area contributed by atoms with Crippen LogP contribution in [0.2, 0.25) is 0 Å². The van der Waals surface area contributed by atoms with Gasteiger partial charge in [-0.2, -0.15) is 0 Å². The van der Waals surface area contributed by atoms with E-state index in [-0.39, 0.29) is 16.8 Å². The topological polar surface area (TPSA) is 43.1 Å². The van der Waals surface area contributed by atoms with Crippen LogP contribution in [0.4, 0.5) is 14.5 Å². The van der Waals surface area contributed by atoms with Gasteiger partial charge in [-0.3, -0.25) is 4.79 Å². The molecule has 0 atom stereocenters. The number of fused-ring (bicyclic) bond motifs is 1. The average Bonchev–Trinajstić information content (AvgIpc) is 2.47. The largest absolute Gasteiger partial charge is 0.399 e. The summed E-state index contributed by atoms with van der Waals surface area (Å²) in [6.45, 7) is 0. The van der Waals surface area contributed by atoms with E-state index in [1.165, 1.54) is 24.3 Å². The highest BCUT2D eigenvalue weighted by molar-refractivity contribution is 6.16. The fourth-order valence-corrected chi connectivity index (χ4v) is 2.32. The standard InChI is InChI=1S/C17H11F2NO/c18-15-8-7-13(11-3-1-2-4-12(11)15)17(21)14-6-5-10(20)9-16(14)19/h1-9H,20H2. The molecule has 0 aliphatic heterocycles. The average molecular weight is 283 g/mol. The van der Waals surface area contributed by atoms with Crippen LogP contribution < -0.4 is 5.73 Å². The monoisotopic (exact) mass is 283 g/mol. The predicted octanol–water partition coefficient (Wildman–Crippen LogP) is 3.93. The second kappa shape index (κ2) is 4.98. The maximum atomic E-state index is 13.9. The van der Waals surface area contributed by atoms with Gasteiger partial charge in [0, 0.05) is 16.6 Å². The van der Waals surface area contributed by atoms with E-state index >= 15 is 0 Å². The molecular weight excluding hydrogens is 272 g/mol. The number of benzene rings is 3. The highest BCUT2D eigenvalue weighted by atomic mass is 19.1. The van der Waals surface area contributed by atoms with E-state index in [2.05, 4.69) is 0 Å². The molecule has 3 rings (SSSR count). The summed E-state index contributed by atoms with van der Waals surface area (Å²) in [7, 11) is 0. The zero-order chi connectivity index (χ0) is 15.0. The summed E-state index contributed by atoms with van der Waals surface area (Å²) in [4.78, 5) is 12.5. The zero-order valence-corrected chi connectivity index (χ0v) is 10.9. The van der Waals surface area contributed by atoms with Crippen molar-refractivity contribution in [2.24, 2.45) is 0 Å². The number of hydrogen-bond acceptors (Lipinski definition) is 2. The van der Waals surface area contributed by atoms with Gasteiger partial charge in [0.1, 0.15) is 11.6 Å². The highest BCUT2D eigenvalue weighted by Crippen LogP contribution is 2.25. The molecule has 0 fully saturated rings. The Bertz CT molecular complexity index is 859. The lowest BCUT2D eigenvalue weighted by molar-refractivity contribution is 0.103. The minimum Gasteiger partial charge on any atom is -0.399 e. The second-order valence-corrected chi connectivity index (χ2v) is 4.71. The fraction of sp³-hybridized carbons (Fsp3) is 0. The van der Waals surface area contributed by atoms with E-state index < -0.39 is 17.4 Å². The predicted molar refractivity (Wildman–Crippen MR) is 78.2 cm³/mol. The second-order valence-electron chi connectivity index (χ2n) is 4.71. The number of anilines is 1. The number of nitrogens with two attached hydrogens (primary N) is 1. The Morgan fingerprint density at radius 3 is 2.19 bits per heavy atom. The van der Waals surface area contributed by atoms with Crippen molar-refractivity contribution in [1.29, 1.82) is 0 Å². The number of hydrogen-bond donors (Lipinski definition) is 1. The Morgan fingerprint density at radius 2 is 1.48 bits per heavy atom. The van der Waals surface area contributed by atoms with Crippen molar-refractivity contribution in [3.05, 3.63) is 77.4 Å². The quantitative estimate of drug-likeness (QED) is 0.572. The van der Waals surface area contributed by atoms with E-state index in [9.17, 15) is 13.6 Å². The van der Waals surface area contributed by atoms with Crippen LogP contribution in [-0.2, 0) is 0 Å². The molecule has 0 saturated heterocycles. The lowest BCUT2D eigenvalue weighted by Gasteiger charge is -2.08. The van der Waals surface area contributed by atoms with Crippen LogP contribution in [0.15, 0.2) is 54.6 Å². The number of carbonyl (C=O) groups is 1. The van der Waals surface area contributed by atoms with Crippen molar-refractivity contribution >= 4 is 22.2 Å². The molecule has 0 unspecified atom stereocenters. The van der Waals surface area contributed by atoms with Crippen molar-refractivity contribution in [3.8, 4) is 0 Å². The van der Waals surface area contributed by atoms with Gasteiger partial charge < -0.3 is 5.73 Å². The number of rotatable bonds is 2. The molecule has 0 aliphatic carbocycles. The number of carbonyl (C=O) groups excluding carboxylic acids is 1. The summed E-state index contributed by atoms with van der Waals surface area (Å²) < 4.78 is 27.7. The molecule has 0 radical (unpaired) electrons. The van der Waals surface area contributed by atoms with Crippen molar-refractivity contribution in [2.75, 3.05) is 5.73 Å². The van der Waals surface area contributed by atoms with Gasteiger partial charge in [-0.25, -0.2) is 8.78 Å². The van der Waals surface area contributed by atoms with Crippen LogP contribution in [0.25, 0.3) is 10.8 Å². The molecule has 2 N–H and O–H groups in total. The van der Waals surface area contributed by atoms with Gasteiger partial charge in [0.05, 0.1) is 5.56 Å². The third kappa shape index (κ3) is 2.25. The van der Waals surface area contributed by atoms with Crippen molar-refractivity contribution in [2.45, 2.75) is 0 Å². The Morgan fingerprint density at radius 1 is 0.810 bits per heavy atom. The number of nitrogen functional groups attached to an aromatic ring is 1. The summed E-state index contributed by atoms with van der Waals surface area (Å²) >= 11 is 0. The molecule has 4 heteroatoms. The molecular formula is C17H11F2NO. The van der Waals surface area contributed by atoms with Crippen LogP contribution in [0.3, 0.4) is 0 Å². The highest BCUT2D eigenvalue weighted by Gasteiger charge is 2.17. The molecule has 3 aromatic carbocycles. The van der Waals surface area contributed by atoms with E-state index in [1.807, 2.05) is 0 Å². The Balaban J connectivity index is 2.21. The lowest BCUT2D eigenvalue weighted by atomic mass is 9.96. The maximum Gasteiger partial charge on any atom is 0.196 e. The number of halogens is 2. The van der Waals surface area contributed by atoms with Gasteiger partial charge in [-0.1, -0.05) is 24.3 Å². The first-order valence-electron chi connectivity index (χ1n) is 6.35. The lowest BCUT2D eigenvalue weighted by Crippen LogP contribution is -2.06. The van der Waals surface area contributed by atoms with Gasteiger partial charge in [0.2, 0.25) is 0 Å². The Hall–Kier alpha value is -2.75. The molecule has 0 bridgehead atoms. The first-order valence-corrected chi connectivity index (χ1v) is 6.35. The normalized spacial score (nSPS) is 10.8. The summed E-state index contributed by atoms with van der Waals surface area (Å²) in [5, 5.41) is 0.790. The molecule has 0 spiro atoms. The Kier molecular flexibility index (Phi) is 3.14. The minimum atomic E-state index is -0.687. The molecule has 0 amide bonds. The van der Waals surface area contributed by atoms with E-state index in [0.29, 0.717) is 10.8 Å². The first-order chi connectivity index (χ1) is 10.1. The summed E-state index contributed by atoms with van der Waals surface area (Å²) in [6, 6.07) is 13.1. The van der Waals surface area contributed by atoms with Crippen LogP contribution in [0, 0.1) is 11.6 Å². The van der Waals surface area contributed by atoms with Crippen LogP contribution >= 0.6 is 0 Å². The molecule has 0 heterocycles. The molecule has 0 saturated carbocycles. The Labute approximate surface area is 119 Å². The maximum absolute atomic E-state index is 13.9. The molecule has 0 aromatic heterocycles. The summed E-state index contributed by atoms with van der Waals surface area (Å²) in [6.07, 6.45) is 0. The first kappa shape index (κ1) is 13.2. The molecule has 104 valence electrons. The minimum absolute atomic E-state index is 0.0824.